The summed E-state index contributed by atoms with van der Waals surface area (Å²) in [5.74, 6) is -0.325. The van der Waals surface area contributed by atoms with Gasteiger partial charge in [0.25, 0.3) is 5.91 Å². The molecule has 130 valence electrons. The first-order chi connectivity index (χ1) is 12.0. The summed E-state index contributed by atoms with van der Waals surface area (Å²) in [5.41, 5.74) is 0. The van der Waals surface area contributed by atoms with Crippen LogP contribution in [0.4, 0.5) is 0 Å². The minimum Gasteiger partial charge on any atom is -0.455 e. The first kappa shape index (κ1) is 17.4. The highest BCUT2D eigenvalue weighted by molar-refractivity contribution is 7.90. The number of rotatable bonds is 6. The molecule has 0 aliphatic carbocycles. The zero-order valence-electron chi connectivity index (χ0n) is 13.5. The molecule has 0 saturated carbocycles. The smallest absolute Gasteiger partial charge is 0.287 e. The van der Waals surface area contributed by atoms with Crippen molar-refractivity contribution in [1.29, 1.82) is 0 Å². The van der Waals surface area contributed by atoms with Crippen LogP contribution in [0.1, 0.15) is 34.2 Å². The molecule has 0 fully saturated rings. The summed E-state index contributed by atoms with van der Waals surface area (Å²) < 4.78 is 30.1. The van der Waals surface area contributed by atoms with Crippen molar-refractivity contribution < 1.29 is 17.6 Å². The Kier molecular flexibility index (Phi) is 5.06. The van der Waals surface area contributed by atoms with E-state index >= 15 is 0 Å². The standard InChI is InChI=1S/C18H17NO4S2/c1-13(17-8-5-11-24-17)19-18(20)16-10-9-14(23-16)12-25(21,22)15-6-3-2-4-7-15/h2-11,13H,12H2,1H3,(H,19,20). The number of carbonyl (C=O) groups is 1. The lowest BCUT2D eigenvalue weighted by Gasteiger charge is -2.10. The van der Waals surface area contributed by atoms with Crippen molar-refractivity contribution in [3.8, 4) is 0 Å². The van der Waals surface area contributed by atoms with E-state index in [4.69, 9.17) is 4.42 Å². The van der Waals surface area contributed by atoms with E-state index in [2.05, 4.69) is 5.32 Å². The molecule has 0 spiro atoms. The minimum atomic E-state index is -3.51. The van der Waals surface area contributed by atoms with Crippen molar-refractivity contribution in [2.75, 3.05) is 0 Å². The predicted octanol–water partition coefficient (Wildman–Crippen LogP) is 3.81. The zero-order valence-corrected chi connectivity index (χ0v) is 15.1. The average Bonchev–Trinajstić information content (AvgIpc) is 3.27. The highest BCUT2D eigenvalue weighted by atomic mass is 32.2. The van der Waals surface area contributed by atoms with Crippen LogP contribution in [0.15, 0.2) is 69.3 Å². The number of carbonyl (C=O) groups excluding carboxylic acids is 1. The van der Waals surface area contributed by atoms with Gasteiger partial charge in [0.2, 0.25) is 0 Å². The van der Waals surface area contributed by atoms with Gasteiger partial charge in [0.05, 0.1) is 10.9 Å². The largest absolute Gasteiger partial charge is 0.455 e. The molecular weight excluding hydrogens is 358 g/mol. The van der Waals surface area contributed by atoms with Crippen molar-refractivity contribution in [3.63, 3.8) is 0 Å². The highest BCUT2D eigenvalue weighted by Gasteiger charge is 2.20. The van der Waals surface area contributed by atoms with E-state index in [-0.39, 0.29) is 34.1 Å². The van der Waals surface area contributed by atoms with Crippen LogP contribution >= 0.6 is 11.3 Å². The Bertz CT molecular complexity index is 944. The predicted molar refractivity (Wildman–Crippen MR) is 96.2 cm³/mol. The van der Waals surface area contributed by atoms with Crippen LogP contribution in [0, 0.1) is 0 Å². The van der Waals surface area contributed by atoms with Crippen LogP contribution in [0.2, 0.25) is 0 Å². The van der Waals surface area contributed by atoms with Gasteiger partial charge in [-0.1, -0.05) is 24.3 Å². The van der Waals surface area contributed by atoms with Crippen molar-refractivity contribution in [3.05, 3.63) is 76.4 Å². The molecule has 0 bridgehead atoms. The van der Waals surface area contributed by atoms with Gasteiger partial charge in [0, 0.05) is 4.88 Å². The molecule has 25 heavy (non-hydrogen) atoms. The molecule has 3 aromatic rings. The third-order valence-electron chi connectivity index (χ3n) is 3.64. The molecular formula is C18H17NO4S2. The van der Waals surface area contributed by atoms with Crippen molar-refractivity contribution >= 4 is 27.1 Å². The molecule has 1 N–H and O–H groups in total. The Hall–Kier alpha value is -2.38. The molecule has 5 nitrogen and oxygen atoms in total. The quantitative estimate of drug-likeness (QED) is 0.711. The lowest BCUT2D eigenvalue weighted by Crippen LogP contribution is -2.25. The molecule has 0 saturated heterocycles. The van der Waals surface area contributed by atoms with Gasteiger partial charge in [-0.3, -0.25) is 4.79 Å². The second-order valence-corrected chi connectivity index (χ2v) is 8.52. The fourth-order valence-corrected chi connectivity index (χ4v) is 4.36. The second-order valence-electron chi connectivity index (χ2n) is 5.55. The fraction of sp³-hybridized carbons (Fsp3) is 0.167. The van der Waals surface area contributed by atoms with Crippen LogP contribution in [-0.4, -0.2) is 14.3 Å². The summed E-state index contributed by atoms with van der Waals surface area (Å²) in [6.07, 6.45) is 0. The number of thiophene rings is 1. The lowest BCUT2D eigenvalue weighted by atomic mass is 10.2. The van der Waals surface area contributed by atoms with E-state index in [1.54, 1.807) is 29.5 Å². The maximum Gasteiger partial charge on any atom is 0.287 e. The molecule has 2 aromatic heterocycles. The van der Waals surface area contributed by atoms with E-state index in [0.29, 0.717) is 0 Å². The molecule has 0 aliphatic heterocycles. The summed E-state index contributed by atoms with van der Waals surface area (Å²) in [4.78, 5) is 13.5. The van der Waals surface area contributed by atoms with Gasteiger partial charge >= 0.3 is 0 Å². The van der Waals surface area contributed by atoms with Crippen LogP contribution in [0.3, 0.4) is 0 Å². The number of hydrogen-bond acceptors (Lipinski definition) is 5. The first-order valence-corrected chi connectivity index (χ1v) is 10.2. The molecule has 2 heterocycles. The number of benzene rings is 1. The summed E-state index contributed by atoms with van der Waals surface area (Å²) in [6, 6.07) is 14.9. The van der Waals surface area contributed by atoms with Gasteiger partial charge < -0.3 is 9.73 Å². The molecule has 1 unspecified atom stereocenters. The van der Waals surface area contributed by atoms with E-state index in [9.17, 15) is 13.2 Å². The van der Waals surface area contributed by atoms with Crippen molar-refractivity contribution in [1.82, 2.24) is 5.32 Å². The Morgan fingerprint density at radius 3 is 2.56 bits per heavy atom. The van der Waals surface area contributed by atoms with Crippen molar-refractivity contribution in [2.45, 2.75) is 23.6 Å². The fourth-order valence-electron chi connectivity index (χ4n) is 2.35. The number of amides is 1. The third-order valence-corrected chi connectivity index (χ3v) is 6.35. The molecule has 1 aromatic carbocycles. The molecule has 1 atom stereocenters. The number of hydrogen-bond donors (Lipinski definition) is 1. The lowest BCUT2D eigenvalue weighted by molar-refractivity contribution is 0.0911. The second kappa shape index (κ2) is 7.25. The van der Waals surface area contributed by atoms with Crippen molar-refractivity contribution in [2.24, 2.45) is 0 Å². The van der Waals surface area contributed by atoms with Crippen LogP contribution in [-0.2, 0) is 15.6 Å². The summed E-state index contributed by atoms with van der Waals surface area (Å²) in [7, 11) is -3.51. The number of furan rings is 1. The topological polar surface area (TPSA) is 76.4 Å². The van der Waals surface area contributed by atoms with E-state index in [1.807, 2.05) is 24.4 Å². The van der Waals surface area contributed by atoms with Gasteiger partial charge in [-0.05, 0) is 42.6 Å². The molecule has 7 heteroatoms. The van der Waals surface area contributed by atoms with Gasteiger partial charge in [0.15, 0.2) is 15.6 Å². The van der Waals surface area contributed by atoms with E-state index < -0.39 is 9.84 Å². The number of nitrogens with one attached hydrogen (secondary N) is 1. The normalized spacial score (nSPS) is 12.7. The van der Waals surface area contributed by atoms with E-state index in [1.165, 1.54) is 24.3 Å². The molecule has 1 amide bonds. The molecule has 0 aliphatic rings. The van der Waals surface area contributed by atoms with Gasteiger partial charge in [0.1, 0.15) is 11.5 Å². The summed E-state index contributed by atoms with van der Waals surface area (Å²) in [5, 5.41) is 4.78. The minimum absolute atomic E-state index is 0.0988. The zero-order chi connectivity index (χ0) is 17.9. The summed E-state index contributed by atoms with van der Waals surface area (Å²) >= 11 is 1.55. The Morgan fingerprint density at radius 2 is 1.88 bits per heavy atom. The third kappa shape index (κ3) is 4.18. The monoisotopic (exact) mass is 375 g/mol. The maximum absolute atomic E-state index is 12.4. The van der Waals surface area contributed by atoms with Gasteiger partial charge in [-0.25, -0.2) is 8.42 Å². The first-order valence-electron chi connectivity index (χ1n) is 7.66. The Balaban J connectivity index is 1.69. The van der Waals surface area contributed by atoms with E-state index in [0.717, 1.165) is 4.88 Å². The Labute approximate surface area is 150 Å². The van der Waals surface area contributed by atoms with Crippen LogP contribution in [0.5, 0.6) is 0 Å². The van der Waals surface area contributed by atoms with Crippen LogP contribution in [0.25, 0.3) is 0 Å². The average molecular weight is 375 g/mol. The SMILES string of the molecule is CC(NC(=O)c1ccc(CS(=O)(=O)c2ccccc2)o1)c1cccs1. The number of sulfone groups is 1. The highest BCUT2D eigenvalue weighted by Crippen LogP contribution is 2.20. The molecule has 0 radical (unpaired) electrons. The maximum atomic E-state index is 12.4. The Morgan fingerprint density at radius 1 is 1.12 bits per heavy atom. The van der Waals surface area contributed by atoms with Gasteiger partial charge in [-0.2, -0.15) is 0 Å². The summed E-state index contributed by atoms with van der Waals surface area (Å²) in [6.45, 7) is 1.88. The molecule has 3 rings (SSSR count). The van der Waals surface area contributed by atoms with Crippen LogP contribution < -0.4 is 5.32 Å². The van der Waals surface area contributed by atoms with Gasteiger partial charge in [-0.15, -0.1) is 11.3 Å².